The summed E-state index contributed by atoms with van der Waals surface area (Å²) in [7, 11) is 0. The van der Waals surface area contributed by atoms with Crippen LogP contribution < -0.4 is 5.32 Å². The molecule has 2 heterocycles. The standard InChI is InChI=1S/C7H11NO2S/c9-6(10)5-1-11-4-7(5)2-8-3-7/h5,8H,1-4H2,(H,9,10). The largest absolute Gasteiger partial charge is 0.481 e. The van der Waals surface area contributed by atoms with Crippen molar-refractivity contribution in [2.24, 2.45) is 11.3 Å². The fourth-order valence-corrected chi connectivity index (χ4v) is 3.45. The third-order valence-electron chi connectivity index (χ3n) is 2.67. The van der Waals surface area contributed by atoms with Crippen LogP contribution in [-0.2, 0) is 4.79 Å². The molecule has 11 heavy (non-hydrogen) atoms. The fourth-order valence-electron chi connectivity index (χ4n) is 1.79. The Balaban J connectivity index is 2.13. The van der Waals surface area contributed by atoms with Crippen molar-refractivity contribution in [2.45, 2.75) is 0 Å². The van der Waals surface area contributed by atoms with Crippen molar-refractivity contribution in [2.75, 3.05) is 24.6 Å². The Labute approximate surface area is 69.5 Å². The maximum atomic E-state index is 10.8. The highest BCUT2D eigenvalue weighted by atomic mass is 32.2. The number of hydrogen-bond donors (Lipinski definition) is 2. The van der Waals surface area contributed by atoms with Gasteiger partial charge in [0.15, 0.2) is 0 Å². The van der Waals surface area contributed by atoms with E-state index < -0.39 is 5.97 Å². The zero-order valence-corrected chi connectivity index (χ0v) is 6.99. The Morgan fingerprint density at radius 1 is 1.64 bits per heavy atom. The van der Waals surface area contributed by atoms with Crippen LogP contribution in [0.15, 0.2) is 0 Å². The van der Waals surface area contributed by atoms with Crippen LogP contribution in [0.3, 0.4) is 0 Å². The molecule has 2 saturated heterocycles. The molecule has 0 radical (unpaired) electrons. The summed E-state index contributed by atoms with van der Waals surface area (Å²) >= 11 is 1.77. The summed E-state index contributed by atoms with van der Waals surface area (Å²) in [6.07, 6.45) is 0. The maximum Gasteiger partial charge on any atom is 0.308 e. The topological polar surface area (TPSA) is 49.3 Å². The van der Waals surface area contributed by atoms with Crippen molar-refractivity contribution >= 4 is 17.7 Å². The highest BCUT2D eigenvalue weighted by Gasteiger charge is 2.51. The molecule has 4 heteroatoms. The molecule has 0 aliphatic carbocycles. The van der Waals surface area contributed by atoms with Crippen molar-refractivity contribution in [1.29, 1.82) is 0 Å². The van der Waals surface area contributed by atoms with Crippen molar-refractivity contribution in [1.82, 2.24) is 5.32 Å². The number of thioether (sulfide) groups is 1. The summed E-state index contributed by atoms with van der Waals surface area (Å²) in [5, 5.41) is 12.0. The van der Waals surface area contributed by atoms with Crippen LogP contribution in [0, 0.1) is 11.3 Å². The highest BCUT2D eigenvalue weighted by Crippen LogP contribution is 2.43. The predicted molar refractivity (Wildman–Crippen MR) is 43.8 cm³/mol. The Hall–Kier alpha value is -0.220. The Bertz CT molecular complexity index is 191. The Morgan fingerprint density at radius 3 is 2.73 bits per heavy atom. The summed E-state index contributed by atoms with van der Waals surface area (Å²) in [6, 6.07) is 0. The van der Waals surface area contributed by atoms with E-state index in [9.17, 15) is 4.79 Å². The van der Waals surface area contributed by atoms with Crippen LogP contribution in [0.25, 0.3) is 0 Å². The second-order valence-electron chi connectivity index (χ2n) is 3.37. The van der Waals surface area contributed by atoms with E-state index in [1.165, 1.54) is 0 Å². The average molecular weight is 173 g/mol. The van der Waals surface area contributed by atoms with E-state index in [0.717, 1.165) is 24.6 Å². The molecule has 2 aliphatic heterocycles. The first-order chi connectivity index (χ1) is 5.25. The number of carboxylic acid groups (broad SMARTS) is 1. The van der Waals surface area contributed by atoms with E-state index >= 15 is 0 Å². The average Bonchev–Trinajstić information content (AvgIpc) is 2.27. The van der Waals surface area contributed by atoms with Gasteiger partial charge in [-0.1, -0.05) is 0 Å². The van der Waals surface area contributed by atoms with Gasteiger partial charge in [0.25, 0.3) is 0 Å². The number of rotatable bonds is 1. The zero-order chi connectivity index (χ0) is 7.90. The third kappa shape index (κ3) is 0.964. The van der Waals surface area contributed by atoms with Crippen LogP contribution in [0.4, 0.5) is 0 Å². The van der Waals surface area contributed by atoms with E-state index in [1.807, 2.05) is 0 Å². The molecule has 2 fully saturated rings. The van der Waals surface area contributed by atoms with Gasteiger partial charge in [-0.05, 0) is 0 Å². The first-order valence-corrected chi connectivity index (χ1v) is 4.91. The molecule has 2 rings (SSSR count). The van der Waals surface area contributed by atoms with Gasteiger partial charge in [-0.25, -0.2) is 0 Å². The molecule has 0 aromatic rings. The molecule has 2 N–H and O–H groups in total. The van der Waals surface area contributed by atoms with Crippen LogP contribution in [0.2, 0.25) is 0 Å². The van der Waals surface area contributed by atoms with E-state index in [1.54, 1.807) is 11.8 Å². The van der Waals surface area contributed by atoms with Crippen molar-refractivity contribution in [3.63, 3.8) is 0 Å². The van der Waals surface area contributed by atoms with Crippen LogP contribution in [0.1, 0.15) is 0 Å². The van der Waals surface area contributed by atoms with Gasteiger partial charge in [0.2, 0.25) is 0 Å². The molecule has 3 nitrogen and oxygen atoms in total. The van der Waals surface area contributed by atoms with E-state index in [0.29, 0.717) is 0 Å². The van der Waals surface area contributed by atoms with Gasteiger partial charge in [-0.15, -0.1) is 0 Å². The van der Waals surface area contributed by atoms with E-state index in [2.05, 4.69) is 5.32 Å². The third-order valence-corrected chi connectivity index (χ3v) is 4.01. The van der Waals surface area contributed by atoms with E-state index in [-0.39, 0.29) is 11.3 Å². The van der Waals surface area contributed by atoms with Gasteiger partial charge < -0.3 is 10.4 Å². The first-order valence-electron chi connectivity index (χ1n) is 3.76. The molecule has 62 valence electrons. The molecule has 1 atom stereocenters. The summed E-state index contributed by atoms with van der Waals surface area (Å²) in [4.78, 5) is 10.8. The number of aliphatic carboxylic acids is 1. The van der Waals surface area contributed by atoms with Crippen LogP contribution >= 0.6 is 11.8 Å². The lowest BCUT2D eigenvalue weighted by molar-refractivity contribution is -0.145. The maximum absolute atomic E-state index is 10.8. The molecule has 2 aliphatic rings. The minimum atomic E-state index is -0.614. The smallest absolute Gasteiger partial charge is 0.308 e. The molecule has 0 bridgehead atoms. The Morgan fingerprint density at radius 2 is 2.36 bits per heavy atom. The molecule has 0 aromatic carbocycles. The molecular weight excluding hydrogens is 162 g/mol. The summed E-state index contributed by atoms with van der Waals surface area (Å²) in [5.74, 6) is 1.11. The number of nitrogens with one attached hydrogen (secondary N) is 1. The minimum absolute atomic E-state index is 0.103. The van der Waals surface area contributed by atoms with Gasteiger partial charge in [0.1, 0.15) is 0 Å². The number of carbonyl (C=O) groups is 1. The predicted octanol–water partition coefficient (Wildman–Crippen LogP) is 0.0236. The van der Waals surface area contributed by atoms with Gasteiger partial charge >= 0.3 is 5.97 Å². The lowest BCUT2D eigenvalue weighted by atomic mass is 9.73. The molecule has 1 unspecified atom stereocenters. The van der Waals surface area contributed by atoms with Gasteiger partial charge in [0.05, 0.1) is 5.92 Å². The number of hydrogen-bond acceptors (Lipinski definition) is 3. The van der Waals surface area contributed by atoms with Crippen molar-refractivity contribution in [3.05, 3.63) is 0 Å². The zero-order valence-electron chi connectivity index (χ0n) is 6.17. The lowest BCUT2D eigenvalue weighted by Gasteiger charge is -2.41. The van der Waals surface area contributed by atoms with Crippen molar-refractivity contribution in [3.8, 4) is 0 Å². The van der Waals surface area contributed by atoms with Gasteiger partial charge in [-0.2, -0.15) is 11.8 Å². The number of carboxylic acids is 1. The normalized spacial score (nSPS) is 33.6. The van der Waals surface area contributed by atoms with Gasteiger partial charge in [0, 0.05) is 30.0 Å². The monoisotopic (exact) mass is 173 g/mol. The van der Waals surface area contributed by atoms with E-state index in [4.69, 9.17) is 5.11 Å². The van der Waals surface area contributed by atoms with Crippen LogP contribution in [0.5, 0.6) is 0 Å². The molecule has 0 amide bonds. The summed E-state index contributed by atoms with van der Waals surface area (Å²) in [6.45, 7) is 1.80. The summed E-state index contributed by atoms with van der Waals surface area (Å²) in [5.41, 5.74) is 0.108. The Kier molecular flexibility index (Phi) is 1.61. The second-order valence-corrected chi connectivity index (χ2v) is 4.40. The SMILES string of the molecule is O=C(O)C1CSCC12CNC2. The van der Waals surface area contributed by atoms with Crippen LogP contribution in [-0.4, -0.2) is 35.7 Å². The fraction of sp³-hybridized carbons (Fsp3) is 0.857. The highest BCUT2D eigenvalue weighted by molar-refractivity contribution is 7.99. The second kappa shape index (κ2) is 2.38. The lowest BCUT2D eigenvalue weighted by Crippen LogP contribution is -2.58. The molecule has 0 aromatic heterocycles. The molecule has 0 saturated carbocycles. The molecular formula is C7H11NO2S. The van der Waals surface area contributed by atoms with Crippen molar-refractivity contribution < 1.29 is 9.90 Å². The first kappa shape index (κ1) is 7.43. The summed E-state index contributed by atoms with van der Waals surface area (Å²) < 4.78 is 0. The quantitative estimate of drug-likeness (QED) is 0.587. The van der Waals surface area contributed by atoms with Gasteiger partial charge in [-0.3, -0.25) is 4.79 Å². The molecule has 1 spiro atoms. The minimum Gasteiger partial charge on any atom is -0.481 e.